The van der Waals surface area contributed by atoms with E-state index in [1.54, 1.807) is 0 Å². The van der Waals surface area contributed by atoms with E-state index in [1.165, 1.54) is 10.8 Å². The van der Waals surface area contributed by atoms with Gasteiger partial charge in [-0.1, -0.05) is 36.3 Å². The van der Waals surface area contributed by atoms with Crippen molar-refractivity contribution in [2.75, 3.05) is 0 Å². The second kappa shape index (κ2) is 3.39. The molecule has 0 spiro atoms. The van der Waals surface area contributed by atoms with E-state index in [1.807, 2.05) is 24.3 Å². The van der Waals surface area contributed by atoms with Crippen LogP contribution in [0.25, 0.3) is 10.8 Å². The Morgan fingerprint density at radius 2 is 1.85 bits per heavy atom. The minimum absolute atomic E-state index is 0.860. The molecule has 0 bridgehead atoms. The molecule has 0 aromatic heterocycles. The van der Waals surface area contributed by atoms with Crippen molar-refractivity contribution in [1.82, 2.24) is 0 Å². The van der Waals surface area contributed by atoms with Gasteiger partial charge in [0.15, 0.2) is 0 Å². The molecule has 61 valence electrons. The topological polar surface area (TPSA) is 0 Å². The van der Waals surface area contributed by atoms with E-state index in [0.717, 1.165) is 9.13 Å². The fourth-order valence-electron chi connectivity index (χ4n) is 1.33. The van der Waals surface area contributed by atoms with Crippen LogP contribution in [0.2, 0.25) is 0 Å². The van der Waals surface area contributed by atoms with Crippen LogP contribution in [-0.2, 0) is 0 Å². The molecule has 0 N–H and O–H groups in total. The summed E-state index contributed by atoms with van der Waals surface area (Å²) < 4.78 is 1.10. The molecule has 13 heavy (non-hydrogen) atoms. The Labute approximate surface area is 91.1 Å². The summed E-state index contributed by atoms with van der Waals surface area (Å²) in [4.78, 5) is 0. The van der Waals surface area contributed by atoms with Crippen molar-refractivity contribution in [1.29, 1.82) is 0 Å². The molecule has 2 rings (SSSR count). The van der Waals surface area contributed by atoms with Crippen LogP contribution < -0.4 is 0 Å². The lowest BCUT2D eigenvalue weighted by molar-refractivity contribution is 1.64. The largest absolute Gasteiger partial charge is 0.0616 e. The van der Waals surface area contributed by atoms with E-state index in [4.69, 9.17) is 6.42 Å². The van der Waals surface area contributed by atoms with Gasteiger partial charge in [-0.3, -0.25) is 0 Å². The number of hydrogen-bond acceptors (Lipinski definition) is 0. The van der Waals surface area contributed by atoms with Gasteiger partial charge in [0.2, 0.25) is 0 Å². The van der Waals surface area contributed by atoms with Gasteiger partial charge in [-0.05, 0) is 45.9 Å². The quantitative estimate of drug-likeness (QED) is 0.511. The summed E-state index contributed by atoms with van der Waals surface area (Å²) in [6.07, 6.45) is 7.10. The minimum atomic E-state index is 0.860. The highest BCUT2D eigenvalue weighted by Crippen LogP contribution is 2.23. The van der Waals surface area contributed by atoms with Crippen LogP contribution in [0.5, 0.6) is 0 Å². The first-order valence-electron chi connectivity index (χ1n) is 3.93. The summed E-state index contributed by atoms with van der Waals surface area (Å²) in [6.45, 7) is 0. The van der Waals surface area contributed by atoms with Gasteiger partial charge in [-0.25, -0.2) is 0 Å². The van der Waals surface area contributed by atoms with Crippen molar-refractivity contribution >= 4 is 33.4 Å². The van der Waals surface area contributed by atoms with E-state index in [2.05, 4.69) is 40.6 Å². The van der Waals surface area contributed by atoms with Crippen molar-refractivity contribution in [3.63, 3.8) is 0 Å². The fourth-order valence-corrected chi connectivity index (χ4v) is 2.14. The molecule has 0 aliphatic rings. The first-order chi connectivity index (χ1) is 6.33. The second-order valence-corrected chi connectivity index (χ2v) is 3.85. The highest BCUT2D eigenvalue weighted by atomic mass is 127. The summed E-state index contributed by atoms with van der Waals surface area (Å²) in [6, 6.07) is 12.1. The molecule has 0 nitrogen and oxygen atoms in total. The number of halogens is 1. The molecule has 0 aliphatic carbocycles. The third kappa shape index (κ3) is 1.42. The zero-order chi connectivity index (χ0) is 9.26. The van der Waals surface area contributed by atoms with Gasteiger partial charge in [0, 0.05) is 9.13 Å². The first kappa shape index (κ1) is 8.58. The lowest BCUT2D eigenvalue weighted by atomic mass is 10.1. The summed E-state index contributed by atoms with van der Waals surface area (Å²) in [5, 5.41) is 2.41. The lowest BCUT2D eigenvalue weighted by Gasteiger charge is -2.01. The predicted molar refractivity (Wildman–Crippen MR) is 62.9 cm³/mol. The van der Waals surface area contributed by atoms with Gasteiger partial charge in [0.1, 0.15) is 0 Å². The molecule has 0 aliphatic heterocycles. The SMILES string of the molecule is [C]#Cc1ccc2ccccc2c1I. The van der Waals surface area contributed by atoms with Gasteiger partial charge in [0.25, 0.3) is 0 Å². The highest BCUT2D eigenvalue weighted by molar-refractivity contribution is 14.1. The molecule has 0 saturated carbocycles. The zero-order valence-electron chi connectivity index (χ0n) is 6.84. The van der Waals surface area contributed by atoms with Crippen molar-refractivity contribution in [3.05, 3.63) is 52.0 Å². The molecule has 2 aromatic carbocycles. The van der Waals surface area contributed by atoms with E-state index >= 15 is 0 Å². The number of benzene rings is 2. The van der Waals surface area contributed by atoms with Crippen molar-refractivity contribution in [3.8, 4) is 5.92 Å². The molecule has 0 unspecified atom stereocenters. The Morgan fingerprint density at radius 3 is 2.62 bits per heavy atom. The molecule has 2 aromatic rings. The molecule has 0 atom stereocenters. The molecule has 0 fully saturated rings. The molecule has 0 amide bonds. The third-order valence-corrected chi connectivity index (χ3v) is 3.16. The average molecular weight is 277 g/mol. The fraction of sp³-hybridized carbons (Fsp3) is 0. The van der Waals surface area contributed by atoms with Gasteiger partial charge < -0.3 is 0 Å². The maximum absolute atomic E-state index is 7.10. The van der Waals surface area contributed by atoms with E-state index in [9.17, 15) is 0 Å². The third-order valence-electron chi connectivity index (χ3n) is 2.00. The van der Waals surface area contributed by atoms with Crippen LogP contribution in [0.1, 0.15) is 5.56 Å². The van der Waals surface area contributed by atoms with Gasteiger partial charge >= 0.3 is 0 Å². The van der Waals surface area contributed by atoms with Gasteiger partial charge in [0.05, 0.1) is 0 Å². The van der Waals surface area contributed by atoms with E-state index < -0.39 is 0 Å². The van der Waals surface area contributed by atoms with Crippen LogP contribution >= 0.6 is 22.6 Å². The predicted octanol–water partition coefficient (Wildman–Crippen LogP) is 3.38. The minimum Gasteiger partial charge on any atom is -0.0616 e. The molecular weight excluding hydrogens is 271 g/mol. The van der Waals surface area contributed by atoms with Crippen molar-refractivity contribution in [2.45, 2.75) is 0 Å². The number of fused-ring (bicyclic) bond motifs is 1. The monoisotopic (exact) mass is 277 g/mol. The Balaban J connectivity index is 2.89. The molecule has 1 radical (unpaired) electrons. The average Bonchev–Trinajstić information content (AvgIpc) is 2.19. The van der Waals surface area contributed by atoms with Gasteiger partial charge in [-0.2, -0.15) is 0 Å². The van der Waals surface area contributed by atoms with E-state index in [0.29, 0.717) is 0 Å². The lowest BCUT2D eigenvalue weighted by Crippen LogP contribution is -1.83. The summed E-state index contributed by atoms with van der Waals surface area (Å²) in [7, 11) is 0. The maximum Gasteiger partial charge on any atom is 0.0395 e. The Bertz CT molecular complexity index is 492. The Hall–Kier alpha value is -1.01. The standard InChI is InChI=1S/C12H6I/c1-2-9-7-8-10-5-3-4-6-11(10)12(9)13/h3-8H. The molecule has 0 heterocycles. The van der Waals surface area contributed by atoms with Crippen molar-refractivity contribution < 1.29 is 0 Å². The summed E-state index contributed by atoms with van der Waals surface area (Å²) in [5.41, 5.74) is 0.860. The van der Waals surface area contributed by atoms with Crippen molar-refractivity contribution in [2.24, 2.45) is 0 Å². The highest BCUT2D eigenvalue weighted by Gasteiger charge is 2.01. The van der Waals surface area contributed by atoms with Crippen LogP contribution in [0, 0.1) is 15.9 Å². The van der Waals surface area contributed by atoms with Crippen LogP contribution in [-0.4, -0.2) is 0 Å². The smallest absolute Gasteiger partial charge is 0.0395 e. The Morgan fingerprint density at radius 1 is 1.08 bits per heavy atom. The second-order valence-electron chi connectivity index (χ2n) is 2.77. The molecular formula is C12H6I. The normalized spacial score (nSPS) is 9.85. The molecule has 1 heteroatoms. The Kier molecular flexibility index (Phi) is 2.24. The number of rotatable bonds is 0. The van der Waals surface area contributed by atoms with E-state index in [-0.39, 0.29) is 0 Å². The zero-order valence-corrected chi connectivity index (χ0v) is 9.00. The summed E-state index contributed by atoms with van der Waals surface area (Å²) in [5.74, 6) is 2.43. The van der Waals surface area contributed by atoms with Crippen LogP contribution in [0.15, 0.2) is 36.4 Å². The number of hydrogen-bond donors (Lipinski definition) is 0. The molecule has 0 saturated heterocycles. The van der Waals surface area contributed by atoms with Gasteiger partial charge in [-0.15, -0.1) is 0 Å². The van der Waals surface area contributed by atoms with Crippen LogP contribution in [0.3, 0.4) is 0 Å². The summed E-state index contributed by atoms with van der Waals surface area (Å²) >= 11 is 2.26. The maximum atomic E-state index is 7.10. The van der Waals surface area contributed by atoms with Crippen LogP contribution in [0.4, 0.5) is 0 Å². The first-order valence-corrected chi connectivity index (χ1v) is 5.01.